The van der Waals surface area contributed by atoms with Gasteiger partial charge in [-0.15, -0.1) is 5.10 Å². The van der Waals surface area contributed by atoms with Crippen molar-refractivity contribution in [2.24, 2.45) is 0 Å². The summed E-state index contributed by atoms with van der Waals surface area (Å²) >= 11 is 5.11. The predicted octanol–water partition coefficient (Wildman–Crippen LogP) is 2.89. The van der Waals surface area contributed by atoms with E-state index in [0.717, 1.165) is 0 Å². The molecule has 0 atom stereocenters. The molecule has 0 radical (unpaired) electrons. The Morgan fingerprint density at radius 3 is 2.52 bits per heavy atom. The highest BCUT2D eigenvalue weighted by Crippen LogP contribution is 2.21. The molecular weight excluding hydrogens is 349 g/mol. The fourth-order valence-corrected chi connectivity index (χ4v) is 2.17. The highest BCUT2D eigenvalue weighted by atomic mass is 32.1. The summed E-state index contributed by atoms with van der Waals surface area (Å²) in [5, 5.41) is 7.09. The minimum atomic E-state index is -0.445. The molecule has 3 rings (SSSR count). The topological polar surface area (TPSA) is 87.2 Å². The number of nitrogens with one attached hydrogen (secondary N) is 1. The molecule has 1 N–H and O–H groups in total. The molecule has 25 heavy (non-hydrogen) atoms. The first-order valence-corrected chi connectivity index (χ1v) is 7.55. The lowest BCUT2D eigenvalue weighted by Gasteiger charge is -2.07. The number of anilines is 1. The summed E-state index contributed by atoms with van der Waals surface area (Å²) in [6, 6.07) is 7.69. The molecule has 0 bridgehead atoms. The van der Waals surface area contributed by atoms with E-state index in [1.807, 2.05) is 0 Å². The molecular formula is C15H14FN5O3S. The lowest BCUT2D eigenvalue weighted by Crippen LogP contribution is -2.12. The SMILES string of the molecule is COc1cc(OC)nc(NCn2nc(-c3ccccc3F)oc2=S)n1. The lowest BCUT2D eigenvalue weighted by atomic mass is 10.2. The van der Waals surface area contributed by atoms with Crippen LogP contribution in [0.1, 0.15) is 0 Å². The Morgan fingerprint density at radius 2 is 1.88 bits per heavy atom. The van der Waals surface area contributed by atoms with Crippen LogP contribution in [0.4, 0.5) is 10.3 Å². The van der Waals surface area contributed by atoms with Crippen molar-refractivity contribution in [3.63, 3.8) is 0 Å². The van der Waals surface area contributed by atoms with E-state index in [9.17, 15) is 4.39 Å². The van der Waals surface area contributed by atoms with Crippen molar-refractivity contribution in [3.05, 3.63) is 41.0 Å². The van der Waals surface area contributed by atoms with Crippen LogP contribution in [0.5, 0.6) is 11.8 Å². The molecule has 0 amide bonds. The molecule has 0 unspecified atom stereocenters. The average Bonchev–Trinajstić information content (AvgIpc) is 3.00. The van der Waals surface area contributed by atoms with E-state index in [1.54, 1.807) is 24.3 Å². The van der Waals surface area contributed by atoms with Crippen molar-refractivity contribution in [3.8, 4) is 23.2 Å². The first-order chi connectivity index (χ1) is 12.1. The number of ether oxygens (including phenoxy) is 2. The van der Waals surface area contributed by atoms with Gasteiger partial charge >= 0.3 is 0 Å². The fourth-order valence-electron chi connectivity index (χ4n) is 1.99. The molecule has 130 valence electrons. The molecule has 0 saturated heterocycles. The molecule has 0 spiro atoms. The molecule has 8 nitrogen and oxygen atoms in total. The minimum absolute atomic E-state index is 0.0839. The van der Waals surface area contributed by atoms with Gasteiger partial charge in [-0.05, 0) is 24.4 Å². The summed E-state index contributed by atoms with van der Waals surface area (Å²) in [5.74, 6) is 0.581. The van der Waals surface area contributed by atoms with Gasteiger partial charge < -0.3 is 19.2 Å². The summed E-state index contributed by atoms with van der Waals surface area (Å²) in [6.45, 7) is 0.118. The Morgan fingerprint density at radius 1 is 1.20 bits per heavy atom. The Kier molecular flexibility index (Phi) is 4.89. The number of methoxy groups -OCH3 is 2. The van der Waals surface area contributed by atoms with Crippen LogP contribution in [-0.2, 0) is 6.67 Å². The first-order valence-electron chi connectivity index (χ1n) is 7.14. The number of nitrogens with zero attached hydrogens (tertiary/aromatic N) is 4. The average molecular weight is 363 g/mol. The van der Waals surface area contributed by atoms with Crippen molar-refractivity contribution >= 4 is 18.2 Å². The molecule has 2 heterocycles. The maximum absolute atomic E-state index is 13.8. The number of hydrogen-bond acceptors (Lipinski definition) is 8. The van der Waals surface area contributed by atoms with Crippen LogP contribution in [-0.4, -0.2) is 34.0 Å². The van der Waals surface area contributed by atoms with Crippen LogP contribution in [0, 0.1) is 10.7 Å². The molecule has 0 aliphatic carbocycles. The van der Waals surface area contributed by atoms with Gasteiger partial charge in [0.25, 0.3) is 4.84 Å². The van der Waals surface area contributed by atoms with Gasteiger partial charge in [0.1, 0.15) is 12.5 Å². The summed E-state index contributed by atoms with van der Waals surface area (Å²) in [4.78, 5) is 8.35. The van der Waals surface area contributed by atoms with Gasteiger partial charge in [0, 0.05) is 0 Å². The maximum atomic E-state index is 13.8. The summed E-state index contributed by atoms with van der Waals surface area (Å²) < 4.78 is 30.7. The number of benzene rings is 1. The third kappa shape index (κ3) is 3.74. The largest absolute Gasteiger partial charge is 0.481 e. The quantitative estimate of drug-likeness (QED) is 0.669. The Labute approximate surface area is 147 Å². The van der Waals surface area contributed by atoms with Crippen molar-refractivity contribution in [2.75, 3.05) is 19.5 Å². The third-order valence-electron chi connectivity index (χ3n) is 3.19. The van der Waals surface area contributed by atoms with Gasteiger partial charge in [-0.2, -0.15) is 9.97 Å². The zero-order valence-corrected chi connectivity index (χ0v) is 14.2. The van der Waals surface area contributed by atoms with E-state index in [0.29, 0.717) is 11.8 Å². The van der Waals surface area contributed by atoms with Crippen molar-refractivity contribution in [1.82, 2.24) is 19.7 Å². The summed E-state index contributed by atoms with van der Waals surface area (Å²) in [6.07, 6.45) is 0. The second-order valence-corrected chi connectivity index (χ2v) is 5.11. The predicted molar refractivity (Wildman–Crippen MR) is 89.5 cm³/mol. The van der Waals surface area contributed by atoms with Crippen LogP contribution < -0.4 is 14.8 Å². The van der Waals surface area contributed by atoms with Crippen molar-refractivity contribution < 1.29 is 18.3 Å². The lowest BCUT2D eigenvalue weighted by molar-refractivity contribution is 0.372. The second kappa shape index (κ2) is 7.26. The third-order valence-corrected chi connectivity index (χ3v) is 3.49. The fraction of sp³-hybridized carbons (Fsp3) is 0.200. The van der Waals surface area contributed by atoms with E-state index in [1.165, 1.54) is 25.0 Å². The molecule has 0 fully saturated rings. The van der Waals surface area contributed by atoms with Gasteiger partial charge in [0.05, 0.1) is 25.8 Å². The summed E-state index contributed by atoms with van der Waals surface area (Å²) in [5.41, 5.74) is 0.228. The highest BCUT2D eigenvalue weighted by molar-refractivity contribution is 7.71. The molecule has 0 aliphatic heterocycles. The van der Waals surface area contributed by atoms with Gasteiger partial charge in [0.15, 0.2) is 0 Å². The minimum Gasteiger partial charge on any atom is -0.481 e. The number of aromatic nitrogens is 4. The Balaban J connectivity index is 1.81. The van der Waals surface area contributed by atoms with Crippen LogP contribution in [0.2, 0.25) is 0 Å². The molecule has 0 saturated carbocycles. The van der Waals surface area contributed by atoms with E-state index in [-0.39, 0.29) is 28.9 Å². The highest BCUT2D eigenvalue weighted by Gasteiger charge is 2.13. The van der Waals surface area contributed by atoms with Crippen LogP contribution in [0.25, 0.3) is 11.5 Å². The molecule has 3 aromatic rings. The van der Waals surface area contributed by atoms with Gasteiger partial charge in [-0.25, -0.2) is 9.07 Å². The van der Waals surface area contributed by atoms with Crippen LogP contribution in [0.3, 0.4) is 0 Å². The molecule has 10 heteroatoms. The van der Waals surface area contributed by atoms with Gasteiger partial charge in [-0.3, -0.25) is 0 Å². The zero-order valence-electron chi connectivity index (χ0n) is 13.4. The summed E-state index contributed by atoms with van der Waals surface area (Å²) in [7, 11) is 2.97. The number of hydrogen-bond donors (Lipinski definition) is 1. The van der Waals surface area contributed by atoms with E-state index >= 15 is 0 Å². The smallest absolute Gasteiger partial charge is 0.289 e. The van der Waals surface area contributed by atoms with Gasteiger partial charge in [-0.1, -0.05) is 12.1 Å². The van der Waals surface area contributed by atoms with E-state index in [2.05, 4.69) is 20.4 Å². The monoisotopic (exact) mass is 363 g/mol. The number of rotatable bonds is 6. The zero-order chi connectivity index (χ0) is 17.8. The molecule has 0 aliphatic rings. The number of halogens is 1. The first kappa shape index (κ1) is 16.8. The van der Waals surface area contributed by atoms with Gasteiger partial charge in [0.2, 0.25) is 23.6 Å². The Bertz CT molecular complexity index is 921. The van der Waals surface area contributed by atoms with Crippen LogP contribution >= 0.6 is 12.2 Å². The standard InChI is InChI=1S/C15H14FN5O3S/c1-22-11-7-12(23-2)19-14(18-11)17-8-21-15(25)24-13(20-21)9-5-3-4-6-10(9)16/h3-7H,8H2,1-2H3,(H,17,18,19). The van der Waals surface area contributed by atoms with E-state index < -0.39 is 5.82 Å². The Hall–Kier alpha value is -3.01. The second-order valence-electron chi connectivity index (χ2n) is 4.76. The molecule has 1 aromatic carbocycles. The normalized spacial score (nSPS) is 10.5. The van der Waals surface area contributed by atoms with Crippen molar-refractivity contribution in [1.29, 1.82) is 0 Å². The van der Waals surface area contributed by atoms with Crippen LogP contribution in [0.15, 0.2) is 34.7 Å². The van der Waals surface area contributed by atoms with Crippen molar-refractivity contribution in [2.45, 2.75) is 6.67 Å². The molecule has 2 aromatic heterocycles. The maximum Gasteiger partial charge on any atom is 0.289 e. The van der Waals surface area contributed by atoms with E-state index in [4.69, 9.17) is 26.1 Å².